The van der Waals surface area contributed by atoms with Gasteiger partial charge in [0.15, 0.2) is 0 Å². The predicted octanol–water partition coefficient (Wildman–Crippen LogP) is 2.90. The van der Waals surface area contributed by atoms with Gasteiger partial charge in [-0.25, -0.2) is 4.39 Å². The maximum absolute atomic E-state index is 13.2. The number of hydrogen-bond donors (Lipinski definition) is 1. The first-order chi connectivity index (χ1) is 9.60. The molecule has 1 N–H and O–H groups in total. The second kappa shape index (κ2) is 6.52. The molecular weight excluding hydrogens is 257 g/mol. The summed E-state index contributed by atoms with van der Waals surface area (Å²) >= 11 is 0. The molecule has 0 aliphatic rings. The molecule has 0 bridgehead atoms. The van der Waals surface area contributed by atoms with Crippen LogP contribution in [0.1, 0.15) is 31.1 Å². The molecule has 0 saturated carbocycles. The van der Waals surface area contributed by atoms with E-state index in [1.165, 1.54) is 12.1 Å². The highest BCUT2D eigenvalue weighted by atomic mass is 19.1. The van der Waals surface area contributed by atoms with E-state index in [0.717, 1.165) is 11.3 Å². The third kappa shape index (κ3) is 3.57. The normalized spacial score (nSPS) is 11.1. The first-order valence-corrected chi connectivity index (χ1v) is 6.70. The van der Waals surface area contributed by atoms with Crippen LogP contribution in [-0.4, -0.2) is 16.8 Å². The first-order valence-electron chi connectivity index (χ1n) is 6.70. The van der Waals surface area contributed by atoms with Gasteiger partial charge in [-0.15, -0.1) is 0 Å². The van der Waals surface area contributed by atoms with Gasteiger partial charge in [-0.05, 0) is 45.2 Å². The van der Waals surface area contributed by atoms with Crippen molar-refractivity contribution in [2.24, 2.45) is 0 Å². The Hall–Kier alpha value is -1.88. The highest BCUT2D eigenvalue weighted by Gasteiger charge is 2.07. The summed E-state index contributed by atoms with van der Waals surface area (Å²) in [6, 6.07) is 6.80. The van der Waals surface area contributed by atoms with Crippen LogP contribution in [0, 0.1) is 5.82 Å². The molecule has 1 aromatic heterocycles. The number of hydrogen-bond acceptors (Lipinski definition) is 3. The molecule has 0 unspecified atom stereocenters. The molecule has 0 spiro atoms. The summed E-state index contributed by atoms with van der Waals surface area (Å²) in [6.45, 7) is 5.08. The SMILES string of the molecule is CNCc1cc(F)ccc1OCc1ccn(C(C)C)n1. The van der Waals surface area contributed by atoms with Crippen LogP contribution in [0.4, 0.5) is 4.39 Å². The van der Waals surface area contributed by atoms with Crippen LogP contribution in [0.3, 0.4) is 0 Å². The molecule has 4 nitrogen and oxygen atoms in total. The Balaban J connectivity index is 2.06. The van der Waals surface area contributed by atoms with Gasteiger partial charge < -0.3 is 10.1 Å². The van der Waals surface area contributed by atoms with Crippen molar-refractivity contribution < 1.29 is 9.13 Å². The van der Waals surface area contributed by atoms with Crippen molar-refractivity contribution in [3.8, 4) is 5.75 Å². The Morgan fingerprint density at radius 2 is 2.15 bits per heavy atom. The molecule has 2 aromatic rings. The molecule has 0 atom stereocenters. The van der Waals surface area contributed by atoms with Crippen molar-refractivity contribution in [3.63, 3.8) is 0 Å². The molecule has 0 aliphatic heterocycles. The second-order valence-corrected chi connectivity index (χ2v) is 4.95. The van der Waals surface area contributed by atoms with E-state index in [0.29, 0.717) is 24.9 Å². The Bertz CT molecular complexity index is 566. The third-order valence-corrected chi connectivity index (χ3v) is 2.96. The van der Waals surface area contributed by atoms with Crippen LogP contribution in [0.15, 0.2) is 30.5 Å². The van der Waals surface area contributed by atoms with E-state index in [1.54, 1.807) is 6.07 Å². The summed E-state index contributed by atoms with van der Waals surface area (Å²) in [6.07, 6.45) is 1.93. The van der Waals surface area contributed by atoms with E-state index >= 15 is 0 Å². The fourth-order valence-corrected chi connectivity index (χ4v) is 1.91. The topological polar surface area (TPSA) is 39.1 Å². The van der Waals surface area contributed by atoms with Gasteiger partial charge in [-0.2, -0.15) is 5.10 Å². The van der Waals surface area contributed by atoms with E-state index in [4.69, 9.17) is 4.74 Å². The van der Waals surface area contributed by atoms with Gasteiger partial charge in [0.05, 0.1) is 5.69 Å². The number of nitrogens with zero attached hydrogens (tertiary/aromatic N) is 2. The van der Waals surface area contributed by atoms with Crippen molar-refractivity contribution in [1.82, 2.24) is 15.1 Å². The average molecular weight is 277 g/mol. The molecular formula is C15H20FN3O. The lowest BCUT2D eigenvalue weighted by Crippen LogP contribution is -2.08. The number of halogens is 1. The van der Waals surface area contributed by atoms with E-state index in [-0.39, 0.29) is 5.82 Å². The van der Waals surface area contributed by atoms with E-state index in [1.807, 2.05) is 24.0 Å². The van der Waals surface area contributed by atoms with Gasteiger partial charge in [-0.1, -0.05) is 0 Å². The van der Waals surface area contributed by atoms with Crippen LogP contribution in [0.25, 0.3) is 0 Å². The minimum absolute atomic E-state index is 0.258. The lowest BCUT2D eigenvalue weighted by atomic mass is 10.2. The van der Waals surface area contributed by atoms with Crippen LogP contribution < -0.4 is 10.1 Å². The van der Waals surface area contributed by atoms with Gasteiger partial charge >= 0.3 is 0 Å². The largest absolute Gasteiger partial charge is 0.487 e. The van der Waals surface area contributed by atoms with Crippen molar-refractivity contribution >= 4 is 0 Å². The standard InChI is InChI=1S/C15H20FN3O/c1-11(2)19-7-6-14(18-19)10-20-15-5-4-13(16)8-12(15)9-17-3/h4-8,11,17H,9-10H2,1-3H3. The molecule has 108 valence electrons. The Morgan fingerprint density at radius 3 is 2.80 bits per heavy atom. The Morgan fingerprint density at radius 1 is 1.35 bits per heavy atom. The van der Waals surface area contributed by atoms with Gasteiger partial charge in [0.25, 0.3) is 0 Å². The van der Waals surface area contributed by atoms with Crippen molar-refractivity contribution in [2.75, 3.05) is 7.05 Å². The molecule has 0 radical (unpaired) electrons. The van der Waals surface area contributed by atoms with E-state index in [9.17, 15) is 4.39 Å². The number of rotatable bonds is 6. The predicted molar refractivity (Wildman–Crippen MR) is 76.1 cm³/mol. The van der Waals surface area contributed by atoms with E-state index < -0.39 is 0 Å². The highest BCUT2D eigenvalue weighted by molar-refractivity contribution is 5.34. The smallest absolute Gasteiger partial charge is 0.132 e. The Labute approximate surface area is 118 Å². The van der Waals surface area contributed by atoms with Crippen molar-refractivity contribution in [2.45, 2.75) is 33.0 Å². The number of aromatic nitrogens is 2. The maximum atomic E-state index is 13.2. The lowest BCUT2D eigenvalue weighted by Gasteiger charge is -2.10. The first kappa shape index (κ1) is 14.5. The highest BCUT2D eigenvalue weighted by Crippen LogP contribution is 2.20. The maximum Gasteiger partial charge on any atom is 0.132 e. The summed E-state index contributed by atoms with van der Waals surface area (Å²) in [5.74, 6) is 0.423. The van der Waals surface area contributed by atoms with Crippen molar-refractivity contribution in [3.05, 3.63) is 47.5 Å². The molecule has 0 aliphatic carbocycles. The van der Waals surface area contributed by atoms with Crippen LogP contribution in [0.5, 0.6) is 5.75 Å². The van der Waals surface area contributed by atoms with Crippen LogP contribution in [0.2, 0.25) is 0 Å². The number of ether oxygens (including phenoxy) is 1. The Kier molecular flexibility index (Phi) is 4.74. The summed E-state index contributed by atoms with van der Waals surface area (Å²) in [5.41, 5.74) is 1.66. The van der Waals surface area contributed by atoms with Gasteiger partial charge in [0, 0.05) is 24.3 Å². The summed E-state index contributed by atoms with van der Waals surface area (Å²) in [4.78, 5) is 0. The molecule has 1 heterocycles. The molecule has 1 aromatic carbocycles. The van der Waals surface area contributed by atoms with Gasteiger partial charge in [0.2, 0.25) is 0 Å². The number of benzene rings is 1. The van der Waals surface area contributed by atoms with Gasteiger partial charge in [0.1, 0.15) is 18.2 Å². The second-order valence-electron chi connectivity index (χ2n) is 4.95. The zero-order valence-electron chi connectivity index (χ0n) is 12.1. The van der Waals surface area contributed by atoms with E-state index in [2.05, 4.69) is 24.3 Å². The molecule has 0 fully saturated rings. The third-order valence-electron chi connectivity index (χ3n) is 2.96. The number of nitrogens with one attached hydrogen (secondary N) is 1. The van der Waals surface area contributed by atoms with Crippen LogP contribution >= 0.6 is 0 Å². The fraction of sp³-hybridized carbons (Fsp3) is 0.400. The van der Waals surface area contributed by atoms with Crippen molar-refractivity contribution in [1.29, 1.82) is 0 Å². The van der Waals surface area contributed by atoms with Crippen LogP contribution in [-0.2, 0) is 13.2 Å². The molecule has 0 saturated heterocycles. The molecule has 2 rings (SSSR count). The summed E-state index contributed by atoms with van der Waals surface area (Å²) in [5, 5.41) is 7.42. The minimum atomic E-state index is -0.258. The van der Waals surface area contributed by atoms with Gasteiger partial charge in [-0.3, -0.25) is 4.68 Å². The zero-order chi connectivity index (χ0) is 14.5. The lowest BCUT2D eigenvalue weighted by molar-refractivity contribution is 0.294. The molecule has 5 heteroatoms. The molecule has 0 amide bonds. The summed E-state index contributed by atoms with van der Waals surface area (Å²) < 4.78 is 20.9. The summed E-state index contributed by atoms with van der Waals surface area (Å²) in [7, 11) is 1.82. The fourth-order valence-electron chi connectivity index (χ4n) is 1.91. The quantitative estimate of drug-likeness (QED) is 0.882. The minimum Gasteiger partial charge on any atom is -0.487 e. The molecule has 20 heavy (non-hydrogen) atoms. The monoisotopic (exact) mass is 277 g/mol. The average Bonchev–Trinajstić information content (AvgIpc) is 2.87. The zero-order valence-corrected chi connectivity index (χ0v) is 12.1.